The van der Waals surface area contributed by atoms with Crippen LogP contribution in [0.15, 0.2) is 17.9 Å². The first-order valence-corrected chi connectivity index (χ1v) is 5.76. The molecule has 0 bridgehead atoms. The second-order valence-electron chi connectivity index (χ2n) is 4.55. The van der Waals surface area contributed by atoms with Crippen molar-refractivity contribution in [2.24, 2.45) is 0 Å². The number of allylic oxidation sites excluding steroid dienone is 2. The van der Waals surface area contributed by atoms with Crippen LogP contribution in [0.3, 0.4) is 0 Å². The number of ketones is 1. The number of aliphatic hydroxyl groups is 1. The molecule has 90 valence electrons. The highest BCUT2D eigenvalue weighted by Crippen LogP contribution is 2.33. The van der Waals surface area contributed by atoms with E-state index in [1.807, 2.05) is 13.8 Å². The van der Waals surface area contributed by atoms with Gasteiger partial charge in [0.25, 0.3) is 0 Å². The number of hydrogen-bond donors (Lipinski definition) is 2. The molecule has 1 aromatic carbocycles. The molecule has 0 saturated carbocycles. The van der Waals surface area contributed by atoms with Crippen LogP contribution >= 0.6 is 0 Å². The predicted molar refractivity (Wildman–Crippen MR) is 66.0 cm³/mol. The van der Waals surface area contributed by atoms with E-state index in [1.165, 1.54) is 0 Å². The molecule has 0 atom stereocenters. The van der Waals surface area contributed by atoms with Gasteiger partial charge in [0, 0.05) is 12.8 Å². The molecule has 0 aromatic heterocycles. The molecule has 0 spiro atoms. The van der Waals surface area contributed by atoms with Crippen molar-refractivity contribution in [3.63, 3.8) is 0 Å². The molecule has 2 N–H and O–H groups in total. The molecule has 1 aliphatic carbocycles. The number of benzene rings is 1. The molecule has 3 nitrogen and oxygen atoms in total. The average molecular weight is 232 g/mol. The van der Waals surface area contributed by atoms with Gasteiger partial charge in [0.1, 0.15) is 11.5 Å². The number of phenols is 1. The highest BCUT2D eigenvalue weighted by molar-refractivity contribution is 6.22. The number of rotatable bonds is 1. The fraction of sp³-hybridized carbons (Fsp3) is 0.357. The number of phenolic OH excluding ortho intramolecular Hbond substituents is 1. The Balaban J connectivity index is 2.65. The van der Waals surface area contributed by atoms with Gasteiger partial charge in [0.05, 0.1) is 5.57 Å². The summed E-state index contributed by atoms with van der Waals surface area (Å²) in [4.78, 5) is 11.9. The largest absolute Gasteiger partial charge is 0.512 e. The van der Waals surface area contributed by atoms with Crippen LogP contribution < -0.4 is 0 Å². The summed E-state index contributed by atoms with van der Waals surface area (Å²) in [6, 6.07) is 3.23. The average Bonchev–Trinajstić information content (AvgIpc) is 2.21. The van der Waals surface area contributed by atoms with Crippen molar-refractivity contribution >= 4 is 11.4 Å². The van der Waals surface area contributed by atoms with Crippen molar-refractivity contribution in [2.45, 2.75) is 33.1 Å². The number of carbonyl (C=O) groups is 1. The van der Waals surface area contributed by atoms with Crippen LogP contribution in [0.25, 0.3) is 5.57 Å². The normalized spacial score (nSPS) is 16.5. The number of hydrogen-bond acceptors (Lipinski definition) is 3. The number of aliphatic hydroxyl groups excluding tert-OH is 1. The summed E-state index contributed by atoms with van der Waals surface area (Å²) in [5.41, 5.74) is 2.84. The van der Waals surface area contributed by atoms with Gasteiger partial charge in [-0.05, 0) is 49.1 Å². The molecule has 0 heterocycles. The lowest BCUT2D eigenvalue weighted by molar-refractivity contribution is -0.114. The minimum Gasteiger partial charge on any atom is -0.512 e. The molecular formula is C14H16O3. The molecule has 0 aliphatic heterocycles. The molecule has 17 heavy (non-hydrogen) atoms. The first-order chi connectivity index (χ1) is 8.00. The first kappa shape index (κ1) is 11.7. The third-order valence-electron chi connectivity index (χ3n) is 3.15. The Labute approximate surface area is 100 Å². The second-order valence-corrected chi connectivity index (χ2v) is 4.55. The molecule has 0 unspecified atom stereocenters. The highest BCUT2D eigenvalue weighted by Gasteiger charge is 2.24. The molecule has 0 fully saturated rings. The van der Waals surface area contributed by atoms with E-state index in [-0.39, 0.29) is 17.3 Å². The van der Waals surface area contributed by atoms with E-state index in [9.17, 15) is 15.0 Å². The lowest BCUT2D eigenvalue weighted by Gasteiger charge is -2.19. The Bertz CT molecular complexity index is 489. The Morgan fingerprint density at radius 2 is 1.65 bits per heavy atom. The van der Waals surface area contributed by atoms with Gasteiger partial charge in [-0.3, -0.25) is 4.79 Å². The highest BCUT2D eigenvalue weighted by atomic mass is 16.3. The number of Topliss-reactive ketones (excluding diaryl/α,β-unsaturated/α-hetero) is 1. The summed E-state index contributed by atoms with van der Waals surface area (Å²) in [6.45, 7) is 3.68. The van der Waals surface area contributed by atoms with E-state index in [1.54, 1.807) is 12.1 Å². The summed E-state index contributed by atoms with van der Waals surface area (Å²) < 4.78 is 0. The maximum absolute atomic E-state index is 11.9. The molecule has 2 rings (SSSR count). The van der Waals surface area contributed by atoms with Gasteiger partial charge in [-0.15, -0.1) is 0 Å². The third kappa shape index (κ3) is 2.05. The van der Waals surface area contributed by atoms with Crippen LogP contribution in [0, 0.1) is 13.8 Å². The molecule has 0 amide bonds. The Morgan fingerprint density at radius 1 is 1.06 bits per heavy atom. The van der Waals surface area contributed by atoms with Crippen LogP contribution in [0.5, 0.6) is 5.75 Å². The van der Waals surface area contributed by atoms with Crippen molar-refractivity contribution in [3.05, 3.63) is 34.6 Å². The van der Waals surface area contributed by atoms with Gasteiger partial charge in [-0.2, -0.15) is 0 Å². The maximum Gasteiger partial charge on any atom is 0.166 e. The molecule has 1 aromatic rings. The summed E-state index contributed by atoms with van der Waals surface area (Å²) in [6.07, 6.45) is 1.75. The minimum absolute atomic E-state index is 0.00867. The second kappa shape index (κ2) is 4.24. The first-order valence-electron chi connectivity index (χ1n) is 5.76. The van der Waals surface area contributed by atoms with Crippen LogP contribution in [0.2, 0.25) is 0 Å². The molecule has 1 aliphatic rings. The van der Waals surface area contributed by atoms with Crippen LogP contribution in [0.4, 0.5) is 0 Å². The Hall–Kier alpha value is -1.77. The van der Waals surface area contributed by atoms with Crippen LogP contribution in [-0.4, -0.2) is 16.0 Å². The molecular weight excluding hydrogens is 216 g/mol. The standard InChI is InChI=1S/C14H16O3/c1-8-6-10(15)7-9(2)13(8)14-11(16)4-3-5-12(14)17/h6-7,15-16H,3-5H2,1-2H3. The van der Waals surface area contributed by atoms with Gasteiger partial charge in [-0.1, -0.05) is 0 Å². The quantitative estimate of drug-likeness (QED) is 0.782. The summed E-state index contributed by atoms with van der Waals surface area (Å²) in [7, 11) is 0. The van der Waals surface area contributed by atoms with Crippen LogP contribution in [-0.2, 0) is 4.79 Å². The van der Waals surface area contributed by atoms with E-state index in [2.05, 4.69) is 0 Å². The van der Waals surface area contributed by atoms with Crippen LogP contribution in [0.1, 0.15) is 36.0 Å². The Morgan fingerprint density at radius 3 is 2.18 bits per heavy atom. The van der Waals surface area contributed by atoms with Crippen molar-refractivity contribution in [2.75, 3.05) is 0 Å². The monoisotopic (exact) mass is 232 g/mol. The topological polar surface area (TPSA) is 57.5 Å². The van der Waals surface area contributed by atoms with Gasteiger partial charge < -0.3 is 10.2 Å². The van der Waals surface area contributed by atoms with Crippen molar-refractivity contribution in [1.29, 1.82) is 0 Å². The fourth-order valence-electron chi connectivity index (χ4n) is 2.45. The van der Waals surface area contributed by atoms with E-state index in [0.717, 1.165) is 16.7 Å². The molecule has 0 saturated heterocycles. The van der Waals surface area contributed by atoms with E-state index in [4.69, 9.17) is 0 Å². The van der Waals surface area contributed by atoms with Crippen molar-refractivity contribution < 1.29 is 15.0 Å². The van der Waals surface area contributed by atoms with Gasteiger partial charge >= 0.3 is 0 Å². The van der Waals surface area contributed by atoms with E-state index >= 15 is 0 Å². The smallest absolute Gasteiger partial charge is 0.166 e. The number of carbonyl (C=O) groups excluding carboxylic acids is 1. The SMILES string of the molecule is Cc1cc(O)cc(C)c1C1=C(O)CCCC1=O. The van der Waals surface area contributed by atoms with E-state index < -0.39 is 0 Å². The molecule has 0 radical (unpaired) electrons. The minimum atomic E-state index is -0.00867. The Kier molecular flexibility index (Phi) is 2.92. The van der Waals surface area contributed by atoms with Gasteiger partial charge in [-0.25, -0.2) is 0 Å². The predicted octanol–water partition coefficient (Wildman–Crippen LogP) is 3.03. The van der Waals surface area contributed by atoms with Crippen molar-refractivity contribution in [1.82, 2.24) is 0 Å². The zero-order valence-electron chi connectivity index (χ0n) is 10.1. The summed E-state index contributed by atoms with van der Waals surface area (Å²) >= 11 is 0. The lowest BCUT2D eigenvalue weighted by Crippen LogP contribution is -2.12. The van der Waals surface area contributed by atoms with Gasteiger partial charge in [0.2, 0.25) is 0 Å². The van der Waals surface area contributed by atoms with Gasteiger partial charge in [0.15, 0.2) is 5.78 Å². The number of aromatic hydroxyl groups is 1. The maximum atomic E-state index is 11.9. The van der Waals surface area contributed by atoms with E-state index in [0.29, 0.717) is 24.8 Å². The molecule has 3 heteroatoms. The summed E-state index contributed by atoms with van der Waals surface area (Å²) in [5.74, 6) is 0.357. The zero-order valence-corrected chi connectivity index (χ0v) is 10.1. The fourth-order valence-corrected chi connectivity index (χ4v) is 2.45. The summed E-state index contributed by atoms with van der Waals surface area (Å²) in [5, 5.41) is 19.4. The lowest BCUT2D eigenvalue weighted by atomic mass is 9.86. The van der Waals surface area contributed by atoms with Crippen molar-refractivity contribution in [3.8, 4) is 5.75 Å². The zero-order chi connectivity index (χ0) is 12.6. The third-order valence-corrected chi connectivity index (χ3v) is 3.15. The number of aryl methyl sites for hydroxylation is 2.